The minimum Gasteiger partial charge on any atom is -0.465 e. The molecular formula is C17H30N2O. The molecule has 3 heteroatoms. The van der Waals surface area contributed by atoms with Crippen LogP contribution in [-0.2, 0) is 13.1 Å². The summed E-state index contributed by atoms with van der Waals surface area (Å²) in [5.41, 5.74) is 1.44. The van der Waals surface area contributed by atoms with E-state index in [2.05, 4.69) is 44.0 Å². The quantitative estimate of drug-likeness (QED) is 0.906. The molecule has 1 aliphatic rings. The Morgan fingerprint density at radius 1 is 1.15 bits per heavy atom. The highest BCUT2D eigenvalue weighted by Gasteiger charge is 2.15. The molecule has 1 aromatic heterocycles. The van der Waals surface area contributed by atoms with Crippen molar-refractivity contribution >= 4 is 0 Å². The van der Waals surface area contributed by atoms with E-state index in [0.717, 1.165) is 24.6 Å². The minimum absolute atomic E-state index is 0.147. The first-order chi connectivity index (χ1) is 9.44. The van der Waals surface area contributed by atoms with Crippen molar-refractivity contribution in [3.8, 4) is 0 Å². The Balaban J connectivity index is 1.92. The third-order valence-electron chi connectivity index (χ3n) is 3.96. The number of likely N-dealkylation sites (tertiary alicyclic amines) is 1. The topological polar surface area (TPSA) is 28.4 Å². The van der Waals surface area contributed by atoms with Gasteiger partial charge in [-0.1, -0.05) is 12.8 Å². The monoisotopic (exact) mass is 278 g/mol. The fourth-order valence-electron chi connectivity index (χ4n) is 2.72. The zero-order valence-corrected chi connectivity index (χ0v) is 13.6. The van der Waals surface area contributed by atoms with Crippen molar-refractivity contribution in [2.24, 2.45) is 0 Å². The molecule has 0 aliphatic carbocycles. The molecule has 3 nitrogen and oxygen atoms in total. The summed E-state index contributed by atoms with van der Waals surface area (Å²) < 4.78 is 5.94. The molecule has 0 unspecified atom stereocenters. The molecule has 0 atom stereocenters. The van der Waals surface area contributed by atoms with Crippen LogP contribution in [0, 0.1) is 6.92 Å². The number of nitrogens with one attached hydrogen (secondary N) is 1. The highest BCUT2D eigenvalue weighted by Crippen LogP contribution is 2.19. The summed E-state index contributed by atoms with van der Waals surface area (Å²) >= 11 is 0. The second-order valence-corrected chi connectivity index (χ2v) is 7.09. The fraction of sp³-hybridized carbons (Fsp3) is 0.765. The summed E-state index contributed by atoms with van der Waals surface area (Å²) in [5, 5.41) is 3.53. The molecule has 0 saturated carbocycles. The van der Waals surface area contributed by atoms with Gasteiger partial charge < -0.3 is 9.73 Å². The number of hydrogen-bond donors (Lipinski definition) is 1. The predicted molar refractivity (Wildman–Crippen MR) is 83.8 cm³/mol. The Hall–Kier alpha value is -0.800. The van der Waals surface area contributed by atoms with Gasteiger partial charge in [0.05, 0.1) is 6.54 Å². The molecule has 1 N–H and O–H groups in total. The average Bonchev–Trinajstić information content (AvgIpc) is 2.55. The van der Waals surface area contributed by atoms with Gasteiger partial charge in [0.25, 0.3) is 0 Å². The molecule has 2 heterocycles. The first-order valence-electron chi connectivity index (χ1n) is 7.99. The molecule has 1 aromatic rings. The van der Waals surface area contributed by atoms with E-state index < -0.39 is 0 Å². The maximum absolute atomic E-state index is 5.94. The molecule has 20 heavy (non-hydrogen) atoms. The van der Waals surface area contributed by atoms with Crippen molar-refractivity contribution in [1.29, 1.82) is 0 Å². The van der Waals surface area contributed by atoms with Crippen LogP contribution in [-0.4, -0.2) is 23.5 Å². The van der Waals surface area contributed by atoms with Crippen LogP contribution in [0.2, 0.25) is 0 Å². The van der Waals surface area contributed by atoms with Gasteiger partial charge in [-0.25, -0.2) is 0 Å². The van der Waals surface area contributed by atoms with Gasteiger partial charge in [0.1, 0.15) is 11.5 Å². The smallest absolute Gasteiger partial charge is 0.118 e. The van der Waals surface area contributed by atoms with E-state index >= 15 is 0 Å². The summed E-state index contributed by atoms with van der Waals surface area (Å²) in [6.07, 6.45) is 5.43. The van der Waals surface area contributed by atoms with Gasteiger partial charge in [0, 0.05) is 17.6 Å². The van der Waals surface area contributed by atoms with Crippen LogP contribution in [0.25, 0.3) is 0 Å². The van der Waals surface area contributed by atoms with Crippen LogP contribution in [0.4, 0.5) is 0 Å². The lowest BCUT2D eigenvalue weighted by molar-refractivity contribution is 0.251. The summed E-state index contributed by atoms with van der Waals surface area (Å²) in [4.78, 5) is 2.53. The standard InChI is InChI=1S/C17H30N2O/c1-14-15(12-18-17(2,3)4)11-16(20-14)13-19-9-7-5-6-8-10-19/h11,18H,5-10,12-13H2,1-4H3. The summed E-state index contributed by atoms with van der Waals surface area (Å²) in [7, 11) is 0. The van der Waals surface area contributed by atoms with E-state index in [1.165, 1.54) is 44.3 Å². The predicted octanol–water partition coefficient (Wildman–Crippen LogP) is 3.85. The highest BCUT2D eigenvalue weighted by molar-refractivity contribution is 5.21. The van der Waals surface area contributed by atoms with Gasteiger partial charge in [-0.2, -0.15) is 0 Å². The van der Waals surface area contributed by atoms with E-state index in [-0.39, 0.29) is 5.54 Å². The Morgan fingerprint density at radius 3 is 2.40 bits per heavy atom. The Morgan fingerprint density at radius 2 is 1.80 bits per heavy atom. The second-order valence-electron chi connectivity index (χ2n) is 7.09. The maximum Gasteiger partial charge on any atom is 0.118 e. The first-order valence-corrected chi connectivity index (χ1v) is 7.99. The Bertz CT molecular complexity index is 409. The lowest BCUT2D eigenvalue weighted by Crippen LogP contribution is -2.35. The molecule has 0 aromatic carbocycles. The number of furan rings is 1. The van der Waals surface area contributed by atoms with Crippen LogP contribution in [0.1, 0.15) is 63.5 Å². The first kappa shape index (κ1) is 15.6. The van der Waals surface area contributed by atoms with Gasteiger partial charge in [-0.15, -0.1) is 0 Å². The normalized spacial score (nSPS) is 18.2. The van der Waals surface area contributed by atoms with Gasteiger partial charge in [-0.3, -0.25) is 4.90 Å². The molecule has 0 amide bonds. The van der Waals surface area contributed by atoms with Gasteiger partial charge in [0.15, 0.2) is 0 Å². The average molecular weight is 278 g/mol. The van der Waals surface area contributed by atoms with E-state index in [1.54, 1.807) is 0 Å². The van der Waals surface area contributed by atoms with Crippen LogP contribution < -0.4 is 5.32 Å². The van der Waals surface area contributed by atoms with Crippen molar-refractivity contribution < 1.29 is 4.42 Å². The Kier molecular flexibility index (Phi) is 5.28. The van der Waals surface area contributed by atoms with Gasteiger partial charge in [-0.05, 0) is 59.7 Å². The van der Waals surface area contributed by atoms with Crippen molar-refractivity contribution in [2.75, 3.05) is 13.1 Å². The molecule has 0 radical (unpaired) electrons. The lowest BCUT2D eigenvalue weighted by Gasteiger charge is -2.20. The van der Waals surface area contributed by atoms with E-state index in [9.17, 15) is 0 Å². The number of nitrogens with zero attached hydrogens (tertiary/aromatic N) is 1. The number of hydrogen-bond acceptors (Lipinski definition) is 3. The minimum atomic E-state index is 0.147. The molecule has 1 saturated heterocycles. The Labute approximate surface area is 123 Å². The summed E-state index contributed by atoms with van der Waals surface area (Å²) in [5.74, 6) is 2.18. The van der Waals surface area contributed by atoms with Crippen molar-refractivity contribution in [3.05, 3.63) is 23.2 Å². The van der Waals surface area contributed by atoms with E-state index in [1.807, 2.05) is 0 Å². The third kappa shape index (κ3) is 4.95. The molecule has 114 valence electrons. The number of rotatable bonds is 4. The van der Waals surface area contributed by atoms with Crippen molar-refractivity contribution in [3.63, 3.8) is 0 Å². The third-order valence-corrected chi connectivity index (χ3v) is 3.96. The van der Waals surface area contributed by atoms with E-state index in [0.29, 0.717) is 0 Å². The van der Waals surface area contributed by atoms with Crippen molar-refractivity contribution in [2.45, 2.75) is 72.0 Å². The van der Waals surface area contributed by atoms with Crippen LogP contribution >= 0.6 is 0 Å². The highest BCUT2D eigenvalue weighted by atomic mass is 16.3. The van der Waals surface area contributed by atoms with Crippen LogP contribution in [0.15, 0.2) is 10.5 Å². The maximum atomic E-state index is 5.94. The van der Waals surface area contributed by atoms with Gasteiger partial charge in [0.2, 0.25) is 0 Å². The molecule has 0 bridgehead atoms. The summed E-state index contributed by atoms with van der Waals surface area (Å²) in [6, 6.07) is 2.24. The largest absolute Gasteiger partial charge is 0.465 e. The molecule has 0 spiro atoms. The zero-order valence-electron chi connectivity index (χ0n) is 13.6. The van der Waals surface area contributed by atoms with Crippen LogP contribution in [0.5, 0.6) is 0 Å². The molecule has 1 fully saturated rings. The fourth-order valence-corrected chi connectivity index (χ4v) is 2.72. The second kappa shape index (κ2) is 6.77. The summed E-state index contributed by atoms with van der Waals surface area (Å²) in [6.45, 7) is 13.0. The molecule has 1 aliphatic heterocycles. The van der Waals surface area contributed by atoms with E-state index in [4.69, 9.17) is 4.42 Å². The zero-order chi connectivity index (χ0) is 14.6. The SMILES string of the molecule is Cc1oc(CN2CCCCCC2)cc1CNC(C)(C)C. The van der Waals surface area contributed by atoms with Gasteiger partial charge >= 0.3 is 0 Å². The van der Waals surface area contributed by atoms with Crippen molar-refractivity contribution in [1.82, 2.24) is 10.2 Å². The molecular weight excluding hydrogens is 248 g/mol. The number of aryl methyl sites for hydroxylation is 1. The molecule has 2 rings (SSSR count). The lowest BCUT2D eigenvalue weighted by atomic mass is 10.1. The van der Waals surface area contributed by atoms with Crippen LogP contribution in [0.3, 0.4) is 0 Å².